The van der Waals surface area contributed by atoms with Crippen LogP contribution in [0.3, 0.4) is 0 Å². The van der Waals surface area contributed by atoms with Gasteiger partial charge in [-0.25, -0.2) is 0 Å². The van der Waals surface area contributed by atoms with Crippen molar-refractivity contribution in [1.82, 2.24) is 0 Å². The summed E-state index contributed by atoms with van der Waals surface area (Å²) in [5.41, 5.74) is 0. The third-order valence-corrected chi connectivity index (χ3v) is 47.4. The number of rotatable bonds is 1. The second-order valence-electron chi connectivity index (χ2n) is 11.0. The monoisotopic (exact) mass is 404 g/mol. The average Bonchev–Trinajstić information content (AvgIpc) is 2.23. The summed E-state index contributed by atoms with van der Waals surface area (Å²) in [7, 11) is 0.533. The van der Waals surface area contributed by atoms with Crippen LogP contribution >= 0.6 is 35.7 Å². The van der Waals surface area contributed by atoms with E-state index in [1.807, 2.05) is 0 Å². The van der Waals surface area contributed by atoms with Crippen molar-refractivity contribution in [2.45, 2.75) is 13.8 Å². The van der Waals surface area contributed by atoms with Gasteiger partial charge in [0.2, 0.25) is 0 Å². The molecule has 22 heavy (non-hydrogen) atoms. The van der Waals surface area contributed by atoms with Crippen molar-refractivity contribution < 1.29 is 0 Å². The minimum absolute atomic E-state index is 0.245. The Morgan fingerprint density at radius 2 is 1.45 bits per heavy atom. The van der Waals surface area contributed by atoms with Gasteiger partial charge in [0.25, 0.3) is 0 Å². The average molecular weight is 404 g/mol. The molecule has 0 aliphatic carbocycles. The molecule has 1 fully saturated rings. The van der Waals surface area contributed by atoms with Gasteiger partial charge in [-0.05, 0) is 0 Å². The first-order valence-corrected chi connectivity index (χ1v) is 25.0. The van der Waals surface area contributed by atoms with E-state index in [0.717, 1.165) is 11.8 Å². The fourth-order valence-electron chi connectivity index (χ4n) is 3.91. The van der Waals surface area contributed by atoms with Crippen LogP contribution in [0.5, 0.6) is 0 Å². The van der Waals surface area contributed by atoms with Crippen molar-refractivity contribution >= 4 is 35.7 Å². The molecule has 0 radical (unpaired) electrons. The molecule has 138 valence electrons. The maximum atomic E-state index is 2.75. The predicted molar refractivity (Wildman–Crippen MR) is 129 cm³/mol. The zero-order valence-electron chi connectivity index (χ0n) is 17.3. The van der Waals surface area contributed by atoms with Crippen LogP contribution in [0.1, 0.15) is 13.8 Å². The molecule has 0 aromatic heterocycles. The number of hydrogen-bond donors (Lipinski definition) is 0. The molecule has 0 aromatic rings. The van der Waals surface area contributed by atoms with E-state index in [0.29, 0.717) is 0 Å². The molecule has 0 bridgehead atoms. The van der Waals surface area contributed by atoms with Crippen LogP contribution in [0.2, 0.25) is 0 Å². The van der Waals surface area contributed by atoms with Crippen molar-refractivity contribution in [3.05, 3.63) is 0 Å². The van der Waals surface area contributed by atoms with Gasteiger partial charge in [-0.1, -0.05) is 0 Å². The molecule has 0 N–H and O–H groups in total. The second kappa shape index (κ2) is 7.05. The summed E-state index contributed by atoms with van der Waals surface area (Å²) in [6.45, 7) is 27.4. The van der Waals surface area contributed by atoms with E-state index in [1.54, 1.807) is 24.1 Å². The summed E-state index contributed by atoms with van der Waals surface area (Å²) in [5, 5.41) is 0. The molecule has 1 rings (SSSR count). The first-order chi connectivity index (χ1) is 9.56. The summed E-state index contributed by atoms with van der Waals surface area (Å²) >= 11 is 0. The molecule has 0 aromatic carbocycles. The first-order valence-electron chi connectivity index (χ1n) is 8.96. The van der Waals surface area contributed by atoms with Gasteiger partial charge >= 0.3 is 146 Å². The molecule has 3 atom stereocenters. The van der Waals surface area contributed by atoms with Gasteiger partial charge in [-0.2, -0.15) is 0 Å². The summed E-state index contributed by atoms with van der Waals surface area (Å²) in [6, 6.07) is 0. The molecule has 5 heteroatoms. The van der Waals surface area contributed by atoms with Crippen molar-refractivity contribution in [3.8, 4) is 0 Å². The Morgan fingerprint density at radius 3 is 1.91 bits per heavy atom. The van der Waals surface area contributed by atoms with Gasteiger partial charge in [0, 0.05) is 0 Å². The van der Waals surface area contributed by atoms with Gasteiger partial charge in [0.1, 0.15) is 0 Å². The van der Waals surface area contributed by atoms with Gasteiger partial charge in [0.05, 0.1) is 0 Å². The molecule has 1 saturated heterocycles. The van der Waals surface area contributed by atoms with Crippen LogP contribution in [0, 0.1) is 11.8 Å². The van der Waals surface area contributed by atoms with Gasteiger partial charge in [-0.3, -0.25) is 0 Å². The van der Waals surface area contributed by atoms with Crippen LogP contribution < -0.4 is 0 Å². The molecule has 0 amide bonds. The zero-order valence-corrected chi connectivity index (χ0v) is 22.0. The first kappa shape index (κ1) is 22.2. The molecular formula is C17H45P5. The Balaban J connectivity index is 3.26. The van der Waals surface area contributed by atoms with Crippen LogP contribution in [-0.2, 0) is 0 Å². The molecular weight excluding hydrogens is 359 g/mol. The Morgan fingerprint density at radius 1 is 0.955 bits per heavy atom. The maximum absolute atomic E-state index is 2.75. The van der Waals surface area contributed by atoms with Crippen LogP contribution in [0.15, 0.2) is 0 Å². The molecule has 0 saturated carbocycles. The molecule has 0 spiro atoms. The van der Waals surface area contributed by atoms with E-state index in [2.05, 4.69) is 73.8 Å². The van der Waals surface area contributed by atoms with Gasteiger partial charge in [0.15, 0.2) is 0 Å². The van der Waals surface area contributed by atoms with Crippen molar-refractivity contribution in [1.29, 1.82) is 0 Å². The predicted octanol–water partition coefficient (Wildman–Crippen LogP) is 6.70. The summed E-state index contributed by atoms with van der Waals surface area (Å²) in [5.74, 6) is 5.14. The zero-order chi connectivity index (χ0) is 17.6. The van der Waals surface area contributed by atoms with E-state index < -0.39 is 20.2 Å². The fraction of sp³-hybridized carbons (Fsp3) is 1.00. The van der Waals surface area contributed by atoms with Gasteiger partial charge in [-0.15, -0.1) is 0 Å². The topological polar surface area (TPSA) is 0 Å². The Hall–Kier alpha value is 2.15. The summed E-state index contributed by atoms with van der Waals surface area (Å²) in [4.78, 5) is 0. The van der Waals surface area contributed by atoms with Crippen LogP contribution in [0.25, 0.3) is 0 Å². The van der Waals surface area contributed by atoms with Crippen molar-refractivity contribution in [2.75, 3.05) is 84.1 Å². The standard InChI is InChI=1S/C17H45P5/c1-16(2)17-12-20(5,6)21(7,8)15-18(3)14-19(4)22(9,10,11)13-17/h16-17,20-21H,12-15H2,1-11H3. The minimum atomic E-state index is -1.47. The van der Waals surface area contributed by atoms with E-state index in [1.165, 1.54) is 0 Å². The van der Waals surface area contributed by atoms with E-state index in [9.17, 15) is 0 Å². The van der Waals surface area contributed by atoms with Gasteiger partial charge < -0.3 is 0 Å². The summed E-state index contributed by atoms with van der Waals surface area (Å²) < 4.78 is 0. The Bertz CT molecular complexity index is 392. The molecule has 1 aliphatic heterocycles. The van der Waals surface area contributed by atoms with Crippen LogP contribution in [-0.4, -0.2) is 84.1 Å². The fourth-order valence-corrected chi connectivity index (χ4v) is 38.5. The Kier molecular flexibility index (Phi) is 7.11. The summed E-state index contributed by atoms with van der Waals surface area (Å²) in [6.07, 6.45) is 1.72. The SMILES string of the molecule is CC(C)C1C[PH](C)(C)[PH](C)(C)CP(C)CP(C)P(C)(C)(C)C1. The second-order valence-corrected chi connectivity index (χ2v) is 45.4. The van der Waals surface area contributed by atoms with Crippen LogP contribution in [0.4, 0.5) is 0 Å². The quantitative estimate of drug-likeness (QED) is 0.427. The van der Waals surface area contributed by atoms with Crippen molar-refractivity contribution in [2.24, 2.45) is 11.8 Å². The third-order valence-electron chi connectivity index (χ3n) is 6.79. The van der Waals surface area contributed by atoms with E-state index in [4.69, 9.17) is 0 Å². The third kappa shape index (κ3) is 5.32. The molecule has 0 nitrogen and oxygen atoms in total. The van der Waals surface area contributed by atoms with Crippen molar-refractivity contribution in [3.63, 3.8) is 0 Å². The normalized spacial score (nSPS) is 42.5. The number of hydrogen-bond acceptors (Lipinski definition) is 0. The molecule has 1 aliphatic rings. The Labute approximate surface area is 145 Å². The van der Waals surface area contributed by atoms with E-state index in [-0.39, 0.29) is 15.5 Å². The van der Waals surface area contributed by atoms with E-state index >= 15 is 0 Å². The molecule has 1 heterocycles. The molecule has 3 unspecified atom stereocenters.